The number of fused-ring (bicyclic) bond motifs is 1. The van der Waals surface area contributed by atoms with Gasteiger partial charge in [0.25, 0.3) is 0 Å². The van der Waals surface area contributed by atoms with Gasteiger partial charge in [0, 0.05) is 47.5 Å². The highest BCUT2D eigenvalue weighted by atomic mass is 35.5. The molecule has 2 aromatic carbocycles. The number of nitrogens with zero attached hydrogens (tertiary/aromatic N) is 3. The molecule has 174 valence electrons. The number of halogens is 2. The van der Waals surface area contributed by atoms with E-state index in [1.807, 2.05) is 19.1 Å². The van der Waals surface area contributed by atoms with E-state index in [1.54, 1.807) is 19.2 Å². The molecular weight excluding hydrogens is 459 g/mol. The fourth-order valence-electron chi connectivity index (χ4n) is 4.24. The molecule has 1 aromatic heterocycles. The quantitative estimate of drug-likeness (QED) is 0.508. The summed E-state index contributed by atoms with van der Waals surface area (Å²) in [6, 6.07) is 11.5. The summed E-state index contributed by atoms with van der Waals surface area (Å²) >= 11 is 13.1. The summed E-state index contributed by atoms with van der Waals surface area (Å²) in [6.45, 7) is 4.14. The molecule has 2 N–H and O–H groups in total. The van der Waals surface area contributed by atoms with Gasteiger partial charge in [-0.2, -0.15) is 0 Å². The first-order valence-electron chi connectivity index (χ1n) is 11.1. The molecule has 33 heavy (non-hydrogen) atoms. The van der Waals surface area contributed by atoms with Gasteiger partial charge >= 0.3 is 0 Å². The molecule has 0 unspecified atom stereocenters. The standard InChI is InChI=1S/C25H28Cl2N4O2/c1-16-13-21(31-11-4-3-5-12-31)17-7-6-8-22(25(17)29-16)33-15-18-19(26)9-10-20(24(18)27)30(2)23(32)14-28/h6-10,13H,3-5,11-12,14-15,28H2,1-2H3. The summed E-state index contributed by atoms with van der Waals surface area (Å²) in [5.41, 5.74) is 9.60. The maximum absolute atomic E-state index is 12.0. The minimum atomic E-state index is -0.245. The molecule has 8 heteroatoms. The second kappa shape index (κ2) is 10.2. The minimum absolute atomic E-state index is 0.109. The zero-order valence-electron chi connectivity index (χ0n) is 18.9. The largest absolute Gasteiger partial charge is 0.487 e. The van der Waals surface area contributed by atoms with Crippen LogP contribution in [-0.2, 0) is 11.4 Å². The minimum Gasteiger partial charge on any atom is -0.487 e. The van der Waals surface area contributed by atoms with Crippen molar-refractivity contribution in [3.8, 4) is 5.75 Å². The van der Waals surface area contributed by atoms with Gasteiger partial charge in [0.15, 0.2) is 0 Å². The summed E-state index contributed by atoms with van der Waals surface area (Å²) < 4.78 is 6.21. The lowest BCUT2D eigenvalue weighted by molar-refractivity contribution is -0.117. The van der Waals surface area contributed by atoms with Gasteiger partial charge in [0.2, 0.25) is 5.91 Å². The maximum atomic E-state index is 12.0. The average molecular weight is 487 g/mol. The number of aryl methyl sites for hydroxylation is 1. The number of carbonyl (C=O) groups excluding carboxylic acids is 1. The third-order valence-electron chi connectivity index (χ3n) is 6.05. The second-order valence-corrected chi connectivity index (χ2v) is 9.07. The predicted octanol–water partition coefficient (Wildman–Crippen LogP) is 5.34. The molecule has 2 heterocycles. The predicted molar refractivity (Wildman–Crippen MR) is 136 cm³/mol. The lowest BCUT2D eigenvalue weighted by Crippen LogP contribution is -2.32. The van der Waals surface area contributed by atoms with Crippen molar-refractivity contribution in [2.75, 3.05) is 36.5 Å². The van der Waals surface area contributed by atoms with Crippen molar-refractivity contribution in [1.29, 1.82) is 0 Å². The number of amides is 1. The Morgan fingerprint density at radius 3 is 2.67 bits per heavy atom. The molecule has 0 atom stereocenters. The number of hydrogen-bond donors (Lipinski definition) is 1. The molecule has 1 aliphatic heterocycles. The number of aromatic nitrogens is 1. The van der Waals surface area contributed by atoms with Crippen LogP contribution in [0.2, 0.25) is 10.0 Å². The number of likely N-dealkylation sites (N-methyl/N-ethyl adjacent to an activating group) is 1. The third-order valence-corrected chi connectivity index (χ3v) is 6.83. The van der Waals surface area contributed by atoms with Crippen LogP contribution in [0.15, 0.2) is 36.4 Å². The Morgan fingerprint density at radius 1 is 1.18 bits per heavy atom. The van der Waals surface area contributed by atoms with Gasteiger partial charge in [0.05, 0.1) is 17.3 Å². The second-order valence-electron chi connectivity index (χ2n) is 8.29. The average Bonchev–Trinajstić information content (AvgIpc) is 2.83. The van der Waals surface area contributed by atoms with Gasteiger partial charge in [-0.15, -0.1) is 0 Å². The number of para-hydroxylation sites is 1. The number of piperidine rings is 1. The molecular formula is C25H28Cl2N4O2. The van der Waals surface area contributed by atoms with E-state index in [1.165, 1.54) is 29.8 Å². The molecule has 0 spiro atoms. The Morgan fingerprint density at radius 2 is 1.94 bits per heavy atom. The van der Waals surface area contributed by atoms with Gasteiger partial charge in [-0.1, -0.05) is 35.3 Å². The van der Waals surface area contributed by atoms with Gasteiger partial charge < -0.3 is 20.3 Å². The molecule has 0 bridgehead atoms. The van der Waals surface area contributed by atoms with Crippen LogP contribution in [-0.4, -0.2) is 37.6 Å². The number of hydrogen-bond acceptors (Lipinski definition) is 5. The smallest absolute Gasteiger partial charge is 0.240 e. The first-order chi connectivity index (χ1) is 15.9. The van der Waals surface area contributed by atoms with Crippen molar-refractivity contribution in [3.63, 3.8) is 0 Å². The van der Waals surface area contributed by atoms with Crippen molar-refractivity contribution in [2.24, 2.45) is 5.73 Å². The topological polar surface area (TPSA) is 71.7 Å². The Labute approximate surface area is 204 Å². The van der Waals surface area contributed by atoms with Crippen LogP contribution in [0.5, 0.6) is 5.75 Å². The fraction of sp³-hybridized carbons (Fsp3) is 0.360. The van der Waals surface area contributed by atoms with Crippen molar-refractivity contribution in [1.82, 2.24) is 4.98 Å². The molecule has 0 radical (unpaired) electrons. The third kappa shape index (κ3) is 4.88. The number of rotatable bonds is 6. The molecule has 1 fully saturated rings. The van der Waals surface area contributed by atoms with E-state index < -0.39 is 0 Å². The van der Waals surface area contributed by atoms with Crippen molar-refractivity contribution < 1.29 is 9.53 Å². The molecule has 1 aliphatic rings. The maximum Gasteiger partial charge on any atom is 0.240 e. The van der Waals surface area contributed by atoms with Crippen molar-refractivity contribution in [3.05, 3.63) is 57.7 Å². The van der Waals surface area contributed by atoms with Crippen LogP contribution in [0.4, 0.5) is 11.4 Å². The zero-order valence-corrected chi connectivity index (χ0v) is 20.4. The van der Waals surface area contributed by atoms with Crippen molar-refractivity contribution in [2.45, 2.75) is 32.8 Å². The normalized spacial score (nSPS) is 13.9. The number of nitrogens with two attached hydrogens (primary N) is 1. The first-order valence-corrected chi connectivity index (χ1v) is 11.9. The Hall–Kier alpha value is -2.54. The van der Waals surface area contributed by atoms with Gasteiger partial charge in [0.1, 0.15) is 17.9 Å². The van der Waals surface area contributed by atoms with Crippen LogP contribution < -0.4 is 20.3 Å². The summed E-state index contributed by atoms with van der Waals surface area (Å²) in [5.74, 6) is 0.420. The van der Waals surface area contributed by atoms with Crippen LogP contribution in [0.1, 0.15) is 30.5 Å². The molecule has 1 saturated heterocycles. The van der Waals surface area contributed by atoms with E-state index in [0.717, 1.165) is 29.7 Å². The van der Waals surface area contributed by atoms with Gasteiger partial charge in [-0.05, 0) is 50.5 Å². The molecule has 3 aromatic rings. The van der Waals surface area contributed by atoms with Crippen LogP contribution in [0.3, 0.4) is 0 Å². The molecule has 0 aliphatic carbocycles. The summed E-state index contributed by atoms with van der Waals surface area (Å²) in [7, 11) is 1.63. The van der Waals surface area contributed by atoms with E-state index in [0.29, 0.717) is 27.0 Å². The van der Waals surface area contributed by atoms with E-state index in [-0.39, 0.29) is 19.1 Å². The van der Waals surface area contributed by atoms with Crippen LogP contribution in [0.25, 0.3) is 10.9 Å². The zero-order chi connectivity index (χ0) is 23.5. The number of carbonyl (C=O) groups is 1. The molecule has 1 amide bonds. The van der Waals surface area contributed by atoms with E-state index in [2.05, 4.69) is 17.0 Å². The Bertz CT molecular complexity index is 1180. The highest BCUT2D eigenvalue weighted by Gasteiger charge is 2.20. The monoisotopic (exact) mass is 486 g/mol. The van der Waals surface area contributed by atoms with Crippen LogP contribution in [0, 0.1) is 6.92 Å². The van der Waals surface area contributed by atoms with E-state index >= 15 is 0 Å². The van der Waals surface area contributed by atoms with Crippen LogP contribution >= 0.6 is 23.2 Å². The van der Waals surface area contributed by atoms with E-state index in [4.69, 9.17) is 38.7 Å². The summed E-state index contributed by atoms with van der Waals surface area (Å²) in [5, 5.41) is 1.90. The number of anilines is 2. The fourth-order valence-corrected chi connectivity index (χ4v) is 4.85. The number of pyridine rings is 1. The Balaban J connectivity index is 1.67. The van der Waals surface area contributed by atoms with Gasteiger partial charge in [-0.3, -0.25) is 4.79 Å². The lowest BCUT2D eigenvalue weighted by atomic mass is 10.1. The number of ether oxygens (including phenoxy) is 1. The summed E-state index contributed by atoms with van der Waals surface area (Å²) in [4.78, 5) is 20.7. The first kappa shape index (κ1) is 23.6. The molecule has 4 rings (SSSR count). The van der Waals surface area contributed by atoms with Crippen molar-refractivity contribution >= 4 is 51.4 Å². The highest BCUT2D eigenvalue weighted by Crippen LogP contribution is 2.37. The molecule has 6 nitrogen and oxygen atoms in total. The molecule has 0 saturated carbocycles. The SMILES string of the molecule is Cc1cc(N2CCCCC2)c2cccc(OCc3c(Cl)ccc(N(C)C(=O)CN)c3Cl)c2n1. The highest BCUT2D eigenvalue weighted by molar-refractivity contribution is 6.38. The lowest BCUT2D eigenvalue weighted by Gasteiger charge is -2.30. The Kier molecular flexibility index (Phi) is 7.27. The summed E-state index contributed by atoms with van der Waals surface area (Å²) in [6.07, 6.45) is 3.68. The van der Waals surface area contributed by atoms with E-state index in [9.17, 15) is 4.79 Å². The number of benzene rings is 2. The van der Waals surface area contributed by atoms with Gasteiger partial charge in [-0.25, -0.2) is 4.98 Å².